The molecule has 0 radical (unpaired) electrons. The highest BCUT2D eigenvalue weighted by atomic mass is 16.5. The fraction of sp³-hybridized carbons (Fsp3) is 0.524. The molecule has 2 aromatic rings. The first-order valence-electron chi connectivity index (χ1n) is 9.52. The lowest BCUT2D eigenvalue weighted by Gasteiger charge is -2.19. The average molecular weight is 373 g/mol. The maximum atomic E-state index is 5.74. The minimum atomic E-state index is 0.134. The second-order valence-electron chi connectivity index (χ2n) is 7.19. The summed E-state index contributed by atoms with van der Waals surface area (Å²) in [6.07, 6.45) is 0.845. The third-order valence-electron chi connectivity index (χ3n) is 4.39. The maximum absolute atomic E-state index is 5.74. The molecule has 148 valence electrons. The van der Waals surface area contributed by atoms with Crippen molar-refractivity contribution < 1.29 is 9.26 Å². The lowest BCUT2D eigenvalue weighted by molar-refractivity contribution is 0.271. The molecule has 1 heterocycles. The maximum Gasteiger partial charge on any atom is 0.191 e. The molecule has 2 rings (SSSR count). The van der Waals surface area contributed by atoms with Crippen LogP contribution in [0.5, 0.6) is 5.75 Å². The van der Waals surface area contributed by atoms with Gasteiger partial charge in [-0.15, -0.1) is 0 Å². The lowest BCUT2D eigenvalue weighted by Crippen LogP contribution is -2.39. The number of guanidine groups is 1. The zero-order valence-electron chi connectivity index (χ0n) is 17.3. The van der Waals surface area contributed by atoms with Gasteiger partial charge in [-0.1, -0.05) is 31.1 Å². The molecule has 6 nitrogen and oxygen atoms in total. The molecule has 0 aliphatic heterocycles. The molecule has 0 aliphatic rings. The number of aryl methyl sites for hydroxylation is 2. The Morgan fingerprint density at radius 1 is 1.19 bits per heavy atom. The first-order valence-corrected chi connectivity index (χ1v) is 9.52. The minimum absolute atomic E-state index is 0.134. The van der Waals surface area contributed by atoms with Gasteiger partial charge < -0.3 is 19.9 Å². The van der Waals surface area contributed by atoms with E-state index >= 15 is 0 Å². The number of aliphatic imine (C=N–C) groups is 1. The molecule has 0 fully saturated rings. The summed E-state index contributed by atoms with van der Waals surface area (Å²) in [5, 5.41) is 10.8. The summed E-state index contributed by atoms with van der Waals surface area (Å²) in [6, 6.07) is 8.34. The highest BCUT2D eigenvalue weighted by Gasteiger charge is 2.11. The highest BCUT2D eigenvalue weighted by molar-refractivity contribution is 5.80. The normalized spacial score (nSPS) is 12.9. The Kier molecular flexibility index (Phi) is 7.70. The van der Waals surface area contributed by atoms with Crippen LogP contribution in [0.2, 0.25) is 0 Å². The van der Waals surface area contributed by atoms with Crippen LogP contribution in [0.4, 0.5) is 0 Å². The molecule has 1 aromatic heterocycles. The summed E-state index contributed by atoms with van der Waals surface area (Å²) < 4.78 is 11.0. The van der Waals surface area contributed by atoms with Crippen LogP contribution in [0.15, 0.2) is 33.8 Å². The molecule has 0 amide bonds. The van der Waals surface area contributed by atoms with Gasteiger partial charge in [0.1, 0.15) is 11.5 Å². The molecule has 1 atom stereocenters. The van der Waals surface area contributed by atoms with Gasteiger partial charge in [-0.05, 0) is 50.8 Å². The van der Waals surface area contributed by atoms with Crippen LogP contribution in [0.3, 0.4) is 0 Å². The molecular weight excluding hydrogens is 340 g/mol. The summed E-state index contributed by atoms with van der Waals surface area (Å²) in [5.74, 6) is 3.08. The van der Waals surface area contributed by atoms with E-state index in [1.807, 2.05) is 26.0 Å². The number of hydrogen-bond acceptors (Lipinski definition) is 4. The van der Waals surface area contributed by atoms with Crippen molar-refractivity contribution in [2.45, 2.75) is 47.1 Å². The largest absolute Gasteiger partial charge is 0.493 e. The van der Waals surface area contributed by atoms with E-state index in [-0.39, 0.29) is 6.04 Å². The Hall–Kier alpha value is -2.50. The molecule has 0 spiro atoms. The zero-order chi connectivity index (χ0) is 19.8. The van der Waals surface area contributed by atoms with Crippen molar-refractivity contribution in [1.82, 2.24) is 15.8 Å². The number of hydrogen-bond donors (Lipinski definition) is 2. The quantitative estimate of drug-likeness (QED) is 0.545. The second-order valence-corrected chi connectivity index (χ2v) is 7.19. The smallest absolute Gasteiger partial charge is 0.191 e. The van der Waals surface area contributed by atoms with Gasteiger partial charge in [-0.3, -0.25) is 4.99 Å². The molecule has 2 N–H and O–H groups in total. The SMILES string of the molecule is CN=C(NCCc1c(C)noc1C)NC(C)c1ccc(OCC(C)C)cc1. The summed E-state index contributed by atoms with van der Waals surface area (Å²) in [4.78, 5) is 4.31. The molecular formula is C21H32N4O2. The van der Waals surface area contributed by atoms with Gasteiger partial charge in [0, 0.05) is 19.2 Å². The van der Waals surface area contributed by atoms with Gasteiger partial charge in [-0.25, -0.2) is 0 Å². The highest BCUT2D eigenvalue weighted by Crippen LogP contribution is 2.18. The van der Waals surface area contributed by atoms with Gasteiger partial charge in [0.2, 0.25) is 0 Å². The van der Waals surface area contributed by atoms with Crippen molar-refractivity contribution in [2.75, 3.05) is 20.2 Å². The third-order valence-corrected chi connectivity index (χ3v) is 4.39. The zero-order valence-corrected chi connectivity index (χ0v) is 17.3. The monoisotopic (exact) mass is 372 g/mol. The number of nitrogens with one attached hydrogen (secondary N) is 2. The summed E-state index contributed by atoms with van der Waals surface area (Å²) in [7, 11) is 1.78. The Balaban J connectivity index is 1.84. The van der Waals surface area contributed by atoms with E-state index in [1.165, 1.54) is 5.56 Å². The van der Waals surface area contributed by atoms with E-state index in [1.54, 1.807) is 7.05 Å². The van der Waals surface area contributed by atoms with E-state index in [9.17, 15) is 0 Å². The number of rotatable bonds is 8. The third kappa shape index (κ3) is 6.31. The molecule has 1 unspecified atom stereocenters. The summed E-state index contributed by atoms with van der Waals surface area (Å²) >= 11 is 0. The Morgan fingerprint density at radius 3 is 2.44 bits per heavy atom. The fourth-order valence-electron chi connectivity index (χ4n) is 2.76. The predicted molar refractivity (Wildman–Crippen MR) is 109 cm³/mol. The van der Waals surface area contributed by atoms with Crippen molar-refractivity contribution in [2.24, 2.45) is 10.9 Å². The van der Waals surface area contributed by atoms with Crippen molar-refractivity contribution in [3.05, 3.63) is 46.8 Å². The van der Waals surface area contributed by atoms with Crippen molar-refractivity contribution in [1.29, 1.82) is 0 Å². The Morgan fingerprint density at radius 2 is 1.89 bits per heavy atom. The average Bonchev–Trinajstić information content (AvgIpc) is 2.97. The van der Waals surface area contributed by atoms with Crippen LogP contribution in [-0.2, 0) is 6.42 Å². The number of nitrogens with zero attached hydrogens (tertiary/aromatic N) is 2. The molecule has 6 heteroatoms. The topological polar surface area (TPSA) is 71.7 Å². The van der Waals surface area contributed by atoms with E-state index in [0.717, 1.165) is 48.3 Å². The van der Waals surface area contributed by atoms with Crippen molar-refractivity contribution in [3.8, 4) is 5.75 Å². The van der Waals surface area contributed by atoms with Crippen LogP contribution in [0, 0.1) is 19.8 Å². The van der Waals surface area contributed by atoms with E-state index in [4.69, 9.17) is 9.26 Å². The van der Waals surface area contributed by atoms with Gasteiger partial charge >= 0.3 is 0 Å². The van der Waals surface area contributed by atoms with Crippen LogP contribution < -0.4 is 15.4 Å². The van der Waals surface area contributed by atoms with E-state index in [2.05, 4.69) is 53.7 Å². The second kappa shape index (κ2) is 10.00. The van der Waals surface area contributed by atoms with Crippen LogP contribution in [0.1, 0.15) is 49.4 Å². The van der Waals surface area contributed by atoms with Crippen LogP contribution in [-0.4, -0.2) is 31.3 Å². The molecule has 0 bridgehead atoms. The molecule has 0 saturated carbocycles. The number of benzene rings is 1. The number of ether oxygens (including phenoxy) is 1. The predicted octanol–water partition coefficient (Wildman–Crippen LogP) is 3.79. The molecule has 0 saturated heterocycles. The van der Waals surface area contributed by atoms with Gasteiger partial charge in [0.25, 0.3) is 0 Å². The van der Waals surface area contributed by atoms with E-state index in [0.29, 0.717) is 5.92 Å². The molecule has 1 aromatic carbocycles. The van der Waals surface area contributed by atoms with Crippen LogP contribution >= 0.6 is 0 Å². The van der Waals surface area contributed by atoms with Gasteiger partial charge in [-0.2, -0.15) is 0 Å². The van der Waals surface area contributed by atoms with Crippen molar-refractivity contribution in [3.63, 3.8) is 0 Å². The first-order chi connectivity index (χ1) is 12.9. The van der Waals surface area contributed by atoms with E-state index < -0.39 is 0 Å². The van der Waals surface area contributed by atoms with Gasteiger partial charge in [0.15, 0.2) is 5.96 Å². The standard InChI is InChI=1S/C21H32N4O2/c1-14(2)13-26-19-9-7-18(8-10-19)15(3)24-21(22-6)23-12-11-20-16(4)25-27-17(20)5/h7-10,14-15H,11-13H2,1-6H3,(H2,22,23,24). The van der Waals surface area contributed by atoms with Gasteiger partial charge in [0.05, 0.1) is 18.3 Å². The summed E-state index contributed by atoms with van der Waals surface area (Å²) in [6.45, 7) is 11.8. The van der Waals surface area contributed by atoms with Crippen LogP contribution in [0.25, 0.3) is 0 Å². The molecule has 0 aliphatic carbocycles. The summed E-state index contributed by atoms with van der Waals surface area (Å²) in [5.41, 5.74) is 3.29. The van der Waals surface area contributed by atoms with Crippen molar-refractivity contribution >= 4 is 5.96 Å². The number of aromatic nitrogens is 1. The Bertz CT molecular complexity index is 716. The lowest BCUT2D eigenvalue weighted by atomic mass is 10.1. The first kappa shape index (κ1) is 20.8. The fourth-order valence-corrected chi connectivity index (χ4v) is 2.76. The Labute approximate surface area is 162 Å². The molecule has 27 heavy (non-hydrogen) atoms. The minimum Gasteiger partial charge on any atom is -0.493 e.